The molecule has 1 fully saturated rings. The van der Waals surface area contributed by atoms with E-state index in [-0.39, 0.29) is 11.6 Å². The minimum Gasteiger partial charge on any atom is -0.381 e. The maximum absolute atomic E-state index is 11.7. The van der Waals surface area contributed by atoms with E-state index >= 15 is 0 Å². The Morgan fingerprint density at radius 2 is 2.29 bits per heavy atom. The average molecular weight is 290 g/mol. The fourth-order valence-corrected chi connectivity index (χ4v) is 2.23. The summed E-state index contributed by atoms with van der Waals surface area (Å²) in [4.78, 5) is 22.1. The molecule has 1 N–H and O–H groups in total. The van der Waals surface area contributed by atoms with Crippen molar-refractivity contribution in [1.29, 1.82) is 0 Å². The van der Waals surface area contributed by atoms with Gasteiger partial charge in [0, 0.05) is 25.3 Å². The fraction of sp³-hybridized carbons (Fsp3) is 0.400. The zero-order valence-corrected chi connectivity index (χ0v) is 11.7. The Hall–Kier alpha value is -2.21. The predicted octanol–water partition coefficient (Wildman–Crippen LogP) is 2.15. The first-order chi connectivity index (χ1) is 10.2. The molecule has 6 nitrogen and oxygen atoms in total. The number of hydrogen-bond donors (Lipinski definition) is 1. The van der Waals surface area contributed by atoms with Gasteiger partial charge >= 0.3 is 0 Å². The summed E-state index contributed by atoms with van der Waals surface area (Å²) in [6.07, 6.45) is 4.86. The van der Waals surface area contributed by atoms with Crippen LogP contribution in [0, 0.1) is 16.0 Å². The Kier molecular flexibility index (Phi) is 5.45. The van der Waals surface area contributed by atoms with Crippen molar-refractivity contribution < 1.29 is 14.5 Å². The Balaban J connectivity index is 1.88. The molecule has 1 atom stereocenters. The van der Waals surface area contributed by atoms with E-state index in [4.69, 9.17) is 4.74 Å². The molecule has 1 amide bonds. The van der Waals surface area contributed by atoms with Gasteiger partial charge in [-0.25, -0.2) is 0 Å². The Labute approximate surface area is 122 Å². The minimum absolute atomic E-state index is 0.0118. The second-order valence-electron chi connectivity index (χ2n) is 4.98. The highest BCUT2D eigenvalue weighted by atomic mass is 16.6. The Bertz CT molecular complexity index is 536. The molecule has 112 valence electrons. The molecule has 1 aliphatic heterocycles. The van der Waals surface area contributed by atoms with Crippen molar-refractivity contribution in [1.82, 2.24) is 5.32 Å². The topological polar surface area (TPSA) is 81.5 Å². The number of rotatable bonds is 5. The first kappa shape index (κ1) is 15.2. The van der Waals surface area contributed by atoms with Crippen LogP contribution in [0.15, 0.2) is 30.3 Å². The van der Waals surface area contributed by atoms with Crippen molar-refractivity contribution in [3.63, 3.8) is 0 Å². The van der Waals surface area contributed by atoms with E-state index in [1.807, 2.05) is 0 Å². The third kappa shape index (κ3) is 4.68. The number of benzene rings is 1. The van der Waals surface area contributed by atoms with E-state index in [0.717, 1.165) is 19.4 Å². The third-order valence-corrected chi connectivity index (χ3v) is 3.37. The van der Waals surface area contributed by atoms with Crippen LogP contribution in [0.4, 0.5) is 5.69 Å². The van der Waals surface area contributed by atoms with Crippen LogP contribution >= 0.6 is 0 Å². The smallest absolute Gasteiger partial charge is 0.276 e. The number of carbonyl (C=O) groups is 1. The van der Waals surface area contributed by atoms with Gasteiger partial charge in [0.2, 0.25) is 5.91 Å². The van der Waals surface area contributed by atoms with Gasteiger partial charge in [-0.05, 0) is 30.9 Å². The minimum atomic E-state index is -0.461. The van der Waals surface area contributed by atoms with E-state index in [0.29, 0.717) is 24.6 Å². The summed E-state index contributed by atoms with van der Waals surface area (Å²) in [6, 6.07) is 6.32. The van der Waals surface area contributed by atoms with Gasteiger partial charge in [-0.2, -0.15) is 0 Å². The molecule has 1 saturated heterocycles. The first-order valence-electron chi connectivity index (χ1n) is 6.94. The van der Waals surface area contributed by atoms with Crippen molar-refractivity contribution >= 4 is 17.7 Å². The van der Waals surface area contributed by atoms with Crippen LogP contribution in [-0.4, -0.2) is 30.6 Å². The SMILES string of the molecule is O=C(C=Cc1ccccc1[N+](=O)[O-])NCC1CCCOC1. The van der Waals surface area contributed by atoms with Gasteiger partial charge in [-0.15, -0.1) is 0 Å². The number of para-hydroxylation sites is 1. The van der Waals surface area contributed by atoms with Gasteiger partial charge in [0.25, 0.3) is 5.69 Å². The number of nitro groups is 1. The van der Waals surface area contributed by atoms with E-state index in [1.165, 1.54) is 18.2 Å². The third-order valence-electron chi connectivity index (χ3n) is 3.37. The normalized spacial score (nSPS) is 18.6. The fourth-order valence-electron chi connectivity index (χ4n) is 2.23. The second kappa shape index (κ2) is 7.54. The van der Waals surface area contributed by atoms with Gasteiger partial charge < -0.3 is 10.1 Å². The summed E-state index contributed by atoms with van der Waals surface area (Å²) in [5.41, 5.74) is 0.404. The van der Waals surface area contributed by atoms with Gasteiger partial charge in [-0.1, -0.05) is 12.1 Å². The lowest BCUT2D eigenvalue weighted by Crippen LogP contribution is -2.32. The van der Waals surface area contributed by atoms with E-state index in [1.54, 1.807) is 18.2 Å². The molecule has 1 aromatic carbocycles. The number of hydrogen-bond acceptors (Lipinski definition) is 4. The van der Waals surface area contributed by atoms with Crippen molar-refractivity contribution in [3.8, 4) is 0 Å². The van der Waals surface area contributed by atoms with Crippen molar-refractivity contribution in [2.75, 3.05) is 19.8 Å². The molecule has 6 heteroatoms. The number of amides is 1. The quantitative estimate of drug-likeness (QED) is 0.512. The summed E-state index contributed by atoms with van der Waals surface area (Å²) in [6.45, 7) is 2.04. The zero-order chi connectivity index (χ0) is 15.1. The molecule has 1 unspecified atom stereocenters. The highest BCUT2D eigenvalue weighted by Crippen LogP contribution is 2.18. The van der Waals surface area contributed by atoms with Crippen LogP contribution in [0.1, 0.15) is 18.4 Å². The summed E-state index contributed by atoms with van der Waals surface area (Å²) in [5, 5.41) is 13.7. The molecule has 0 aromatic heterocycles. The van der Waals surface area contributed by atoms with Crippen molar-refractivity contribution in [3.05, 3.63) is 46.0 Å². The summed E-state index contributed by atoms with van der Waals surface area (Å²) in [7, 11) is 0. The van der Waals surface area contributed by atoms with Crippen LogP contribution in [0.5, 0.6) is 0 Å². The lowest BCUT2D eigenvalue weighted by Gasteiger charge is -2.21. The lowest BCUT2D eigenvalue weighted by molar-refractivity contribution is -0.385. The van der Waals surface area contributed by atoms with Crippen LogP contribution < -0.4 is 5.32 Å². The second-order valence-corrected chi connectivity index (χ2v) is 4.98. The van der Waals surface area contributed by atoms with Gasteiger partial charge in [0.1, 0.15) is 0 Å². The van der Waals surface area contributed by atoms with Crippen LogP contribution in [0.2, 0.25) is 0 Å². The summed E-state index contributed by atoms with van der Waals surface area (Å²) in [5.74, 6) is 0.0980. The average Bonchev–Trinajstić information content (AvgIpc) is 2.52. The predicted molar refractivity (Wildman–Crippen MR) is 78.7 cm³/mol. The largest absolute Gasteiger partial charge is 0.381 e. The summed E-state index contributed by atoms with van der Waals surface area (Å²) < 4.78 is 5.34. The highest BCUT2D eigenvalue weighted by Gasteiger charge is 2.14. The van der Waals surface area contributed by atoms with Crippen LogP contribution in [0.25, 0.3) is 6.08 Å². The van der Waals surface area contributed by atoms with Gasteiger partial charge in [0.15, 0.2) is 0 Å². The molecule has 0 spiro atoms. The van der Waals surface area contributed by atoms with Gasteiger partial charge in [0.05, 0.1) is 17.1 Å². The zero-order valence-electron chi connectivity index (χ0n) is 11.7. The highest BCUT2D eigenvalue weighted by molar-refractivity contribution is 5.92. The summed E-state index contributed by atoms with van der Waals surface area (Å²) >= 11 is 0. The molecule has 1 aliphatic rings. The molecule has 0 radical (unpaired) electrons. The molecule has 1 aromatic rings. The van der Waals surface area contributed by atoms with E-state index in [2.05, 4.69) is 5.32 Å². The molecule has 0 aliphatic carbocycles. The number of nitro benzene ring substituents is 1. The van der Waals surface area contributed by atoms with Gasteiger partial charge in [-0.3, -0.25) is 14.9 Å². The molecule has 1 heterocycles. The lowest BCUT2D eigenvalue weighted by atomic mass is 10.0. The molecular weight excluding hydrogens is 272 g/mol. The number of nitrogens with one attached hydrogen (secondary N) is 1. The number of nitrogens with zero attached hydrogens (tertiary/aromatic N) is 1. The van der Waals surface area contributed by atoms with Crippen molar-refractivity contribution in [2.45, 2.75) is 12.8 Å². The Morgan fingerprint density at radius 1 is 1.48 bits per heavy atom. The number of ether oxygens (including phenoxy) is 1. The molecule has 0 saturated carbocycles. The van der Waals surface area contributed by atoms with Crippen molar-refractivity contribution in [2.24, 2.45) is 5.92 Å². The Morgan fingerprint density at radius 3 is 3.00 bits per heavy atom. The molecule has 0 bridgehead atoms. The van der Waals surface area contributed by atoms with Crippen LogP contribution in [0.3, 0.4) is 0 Å². The number of carbonyl (C=O) groups excluding carboxylic acids is 1. The maximum Gasteiger partial charge on any atom is 0.276 e. The van der Waals surface area contributed by atoms with E-state index < -0.39 is 4.92 Å². The van der Waals surface area contributed by atoms with Crippen LogP contribution in [-0.2, 0) is 9.53 Å². The first-order valence-corrected chi connectivity index (χ1v) is 6.94. The van der Waals surface area contributed by atoms with E-state index in [9.17, 15) is 14.9 Å². The molecular formula is C15H18N2O4. The molecule has 21 heavy (non-hydrogen) atoms. The standard InChI is InChI=1S/C15H18N2O4/c18-15(16-10-12-4-3-9-21-11-12)8-7-13-5-1-2-6-14(13)17(19)20/h1-2,5-8,12H,3-4,9-11H2,(H,16,18). The maximum atomic E-state index is 11.7. The monoisotopic (exact) mass is 290 g/mol. The molecule has 2 rings (SSSR count).